The van der Waals surface area contributed by atoms with Crippen molar-refractivity contribution in [3.63, 3.8) is 0 Å². The van der Waals surface area contributed by atoms with Crippen LogP contribution in [0.1, 0.15) is 0 Å². The van der Waals surface area contributed by atoms with Crippen LogP contribution in [0.15, 0.2) is 158 Å². The van der Waals surface area contributed by atoms with Crippen molar-refractivity contribution in [1.29, 1.82) is 0 Å². The smallest absolute Gasteiger partial charge is 0.145 e. The van der Waals surface area contributed by atoms with Crippen LogP contribution >= 0.6 is 0 Å². The minimum atomic E-state index is 0.931. The SMILES string of the molecule is c1ccc(-c2nc3ccccc3n2-c2ccc(Nc3ccc(-n4c(-c5ccccc5)nc5ccccc54)cc3)cc2)cc1. The Hall–Kier alpha value is -5.94. The number of nitrogens with one attached hydrogen (secondary N) is 1. The van der Waals surface area contributed by atoms with Crippen LogP contribution in [0.5, 0.6) is 0 Å². The number of rotatable bonds is 6. The van der Waals surface area contributed by atoms with Gasteiger partial charge in [-0.05, 0) is 72.8 Å². The van der Waals surface area contributed by atoms with Crippen molar-refractivity contribution in [2.45, 2.75) is 0 Å². The normalized spacial score (nSPS) is 11.3. The first kappa shape index (κ1) is 24.8. The van der Waals surface area contributed by atoms with Crippen molar-refractivity contribution in [3.05, 3.63) is 158 Å². The summed E-state index contributed by atoms with van der Waals surface area (Å²) in [4.78, 5) is 9.93. The van der Waals surface area contributed by atoms with E-state index in [1.54, 1.807) is 0 Å². The second-order valence-electron chi connectivity index (χ2n) is 10.5. The number of imidazole rings is 2. The Morgan fingerprint density at radius 1 is 0.372 bits per heavy atom. The molecule has 0 aliphatic heterocycles. The maximum absolute atomic E-state index is 4.96. The van der Waals surface area contributed by atoms with Crippen molar-refractivity contribution >= 4 is 33.4 Å². The molecule has 43 heavy (non-hydrogen) atoms. The predicted molar refractivity (Wildman–Crippen MR) is 176 cm³/mol. The van der Waals surface area contributed by atoms with Gasteiger partial charge in [-0.2, -0.15) is 0 Å². The van der Waals surface area contributed by atoms with E-state index < -0.39 is 0 Å². The lowest BCUT2D eigenvalue weighted by Crippen LogP contribution is -1.99. The zero-order valence-electron chi connectivity index (χ0n) is 23.3. The molecular formula is C38H27N5. The van der Waals surface area contributed by atoms with Gasteiger partial charge in [0, 0.05) is 33.9 Å². The van der Waals surface area contributed by atoms with Gasteiger partial charge in [0.15, 0.2) is 0 Å². The second kappa shape index (κ2) is 10.5. The van der Waals surface area contributed by atoms with Crippen molar-refractivity contribution in [3.8, 4) is 34.2 Å². The van der Waals surface area contributed by atoms with E-state index in [4.69, 9.17) is 9.97 Å². The van der Waals surface area contributed by atoms with E-state index in [0.717, 1.165) is 67.6 Å². The first-order valence-corrected chi connectivity index (χ1v) is 14.4. The predicted octanol–water partition coefficient (Wildman–Crippen LogP) is 9.44. The largest absolute Gasteiger partial charge is 0.356 e. The van der Waals surface area contributed by atoms with Crippen molar-refractivity contribution in [2.75, 3.05) is 5.32 Å². The van der Waals surface area contributed by atoms with Crippen molar-refractivity contribution < 1.29 is 0 Å². The highest BCUT2D eigenvalue weighted by Gasteiger charge is 2.15. The summed E-state index contributed by atoms with van der Waals surface area (Å²) in [6, 6.07) is 54.2. The topological polar surface area (TPSA) is 47.7 Å². The molecule has 0 aliphatic carbocycles. The van der Waals surface area contributed by atoms with Crippen LogP contribution in [0, 0.1) is 0 Å². The van der Waals surface area contributed by atoms with Gasteiger partial charge in [0.05, 0.1) is 22.1 Å². The average Bonchev–Trinajstić information content (AvgIpc) is 3.66. The molecule has 8 rings (SSSR count). The van der Waals surface area contributed by atoms with E-state index in [1.165, 1.54) is 0 Å². The highest BCUT2D eigenvalue weighted by molar-refractivity contribution is 5.84. The summed E-state index contributed by atoms with van der Waals surface area (Å²) in [5.74, 6) is 1.86. The van der Waals surface area contributed by atoms with Gasteiger partial charge in [-0.15, -0.1) is 0 Å². The molecule has 5 nitrogen and oxygen atoms in total. The molecule has 0 atom stereocenters. The number of hydrogen-bond donors (Lipinski definition) is 1. The Morgan fingerprint density at radius 2 is 0.744 bits per heavy atom. The number of aromatic nitrogens is 4. The van der Waals surface area contributed by atoms with Crippen molar-refractivity contribution in [2.24, 2.45) is 0 Å². The average molecular weight is 554 g/mol. The molecule has 0 saturated heterocycles. The third kappa shape index (κ3) is 4.53. The van der Waals surface area contributed by atoms with Gasteiger partial charge >= 0.3 is 0 Å². The molecule has 5 heteroatoms. The standard InChI is InChI=1S/C38H27N5/c1-3-11-27(12-4-1)37-40-33-15-7-9-17-35(33)42(37)31-23-19-29(20-24-31)39-30-21-25-32(26-22-30)43-36-18-10-8-16-34(36)41-38(43)28-13-5-2-6-14-28/h1-26,39H. The Morgan fingerprint density at radius 3 is 1.16 bits per heavy atom. The number of hydrogen-bond acceptors (Lipinski definition) is 3. The number of nitrogens with zero attached hydrogens (tertiary/aromatic N) is 4. The molecule has 0 spiro atoms. The summed E-state index contributed by atoms with van der Waals surface area (Å²) < 4.78 is 4.45. The molecule has 0 radical (unpaired) electrons. The zero-order chi connectivity index (χ0) is 28.6. The fraction of sp³-hybridized carbons (Fsp3) is 0. The molecule has 1 N–H and O–H groups in total. The fourth-order valence-corrected chi connectivity index (χ4v) is 5.69. The van der Waals surface area contributed by atoms with Gasteiger partial charge in [0.2, 0.25) is 0 Å². The minimum absolute atomic E-state index is 0.931. The fourth-order valence-electron chi connectivity index (χ4n) is 5.69. The van der Waals surface area contributed by atoms with Gasteiger partial charge in [-0.3, -0.25) is 9.13 Å². The van der Waals surface area contributed by atoms with Crippen LogP contribution in [0.25, 0.3) is 56.2 Å². The Balaban J connectivity index is 1.10. The summed E-state index contributed by atoms with van der Waals surface area (Å²) in [5.41, 5.74) is 10.4. The molecule has 0 aliphatic rings. The summed E-state index contributed by atoms with van der Waals surface area (Å²) in [6.45, 7) is 0. The number of para-hydroxylation sites is 4. The molecular weight excluding hydrogens is 526 g/mol. The molecule has 8 aromatic rings. The third-order valence-corrected chi connectivity index (χ3v) is 7.73. The summed E-state index contributed by atoms with van der Waals surface area (Å²) in [6.07, 6.45) is 0. The summed E-state index contributed by atoms with van der Waals surface area (Å²) in [5, 5.41) is 3.57. The number of benzene rings is 6. The maximum Gasteiger partial charge on any atom is 0.145 e. The number of fused-ring (bicyclic) bond motifs is 2. The Bertz CT molecular complexity index is 2020. The number of anilines is 2. The van der Waals surface area contributed by atoms with Crippen LogP contribution in [-0.4, -0.2) is 19.1 Å². The third-order valence-electron chi connectivity index (χ3n) is 7.73. The molecule has 0 fully saturated rings. The highest BCUT2D eigenvalue weighted by Crippen LogP contribution is 2.31. The van der Waals surface area contributed by atoms with Crippen LogP contribution in [-0.2, 0) is 0 Å². The van der Waals surface area contributed by atoms with Gasteiger partial charge in [-0.1, -0.05) is 84.9 Å². The van der Waals surface area contributed by atoms with Crippen LogP contribution in [0.3, 0.4) is 0 Å². The first-order valence-electron chi connectivity index (χ1n) is 14.4. The molecule has 204 valence electrons. The molecule has 6 aromatic carbocycles. The van der Waals surface area contributed by atoms with E-state index in [-0.39, 0.29) is 0 Å². The van der Waals surface area contributed by atoms with E-state index in [1.807, 2.05) is 24.3 Å². The summed E-state index contributed by atoms with van der Waals surface area (Å²) >= 11 is 0. The van der Waals surface area contributed by atoms with Crippen LogP contribution < -0.4 is 5.32 Å². The van der Waals surface area contributed by atoms with E-state index >= 15 is 0 Å². The monoisotopic (exact) mass is 553 g/mol. The first-order chi connectivity index (χ1) is 21.3. The second-order valence-corrected chi connectivity index (χ2v) is 10.5. The summed E-state index contributed by atoms with van der Waals surface area (Å²) in [7, 11) is 0. The Labute approximate surface area is 249 Å². The van der Waals surface area contributed by atoms with E-state index in [0.29, 0.717) is 0 Å². The van der Waals surface area contributed by atoms with Gasteiger partial charge in [-0.25, -0.2) is 9.97 Å². The van der Waals surface area contributed by atoms with E-state index in [2.05, 4.69) is 148 Å². The van der Waals surface area contributed by atoms with Gasteiger partial charge < -0.3 is 5.32 Å². The van der Waals surface area contributed by atoms with Gasteiger partial charge in [0.1, 0.15) is 11.6 Å². The molecule has 0 saturated carbocycles. The van der Waals surface area contributed by atoms with Crippen molar-refractivity contribution in [1.82, 2.24) is 19.1 Å². The quantitative estimate of drug-likeness (QED) is 0.223. The minimum Gasteiger partial charge on any atom is -0.356 e. The molecule has 0 amide bonds. The van der Waals surface area contributed by atoms with E-state index in [9.17, 15) is 0 Å². The highest BCUT2D eigenvalue weighted by atomic mass is 15.1. The lowest BCUT2D eigenvalue weighted by Gasteiger charge is -2.13. The lowest BCUT2D eigenvalue weighted by atomic mass is 10.2. The van der Waals surface area contributed by atoms with Crippen LogP contribution in [0.4, 0.5) is 11.4 Å². The van der Waals surface area contributed by atoms with Crippen LogP contribution in [0.2, 0.25) is 0 Å². The molecule has 2 aromatic heterocycles. The Kier molecular flexibility index (Phi) is 6.05. The lowest BCUT2D eigenvalue weighted by molar-refractivity contribution is 1.10. The molecule has 2 heterocycles. The van der Waals surface area contributed by atoms with Gasteiger partial charge in [0.25, 0.3) is 0 Å². The maximum atomic E-state index is 4.96. The molecule has 0 bridgehead atoms. The molecule has 0 unspecified atom stereocenters. The zero-order valence-corrected chi connectivity index (χ0v) is 23.3.